The van der Waals surface area contributed by atoms with E-state index in [4.69, 9.17) is 10.8 Å². The summed E-state index contributed by atoms with van der Waals surface area (Å²) in [6.07, 6.45) is 5.22. The first-order chi connectivity index (χ1) is 4.74. The summed E-state index contributed by atoms with van der Waals surface area (Å²) in [5.74, 6) is 1.03. The van der Waals surface area contributed by atoms with Crippen molar-refractivity contribution in [3.8, 4) is 0 Å². The third kappa shape index (κ3) is 1.40. The van der Waals surface area contributed by atoms with E-state index in [9.17, 15) is 0 Å². The molecule has 2 bridgehead atoms. The van der Waals surface area contributed by atoms with Crippen LogP contribution in [0.3, 0.4) is 0 Å². The summed E-state index contributed by atoms with van der Waals surface area (Å²) in [6.45, 7) is 0.159. The molecule has 0 aromatic rings. The van der Waals surface area contributed by atoms with Crippen LogP contribution in [-0.2, 0) is 0 Å². The maximum Gasteiger partial charge on any atom is 0.0582 e. The summed E-state index contributed by atoms with van der Waals surface area (Å²) in [4.78, 5) is 0. The van der Waals surface area contributed by atoms with Crippen LogP contribution in [0.15, 0.2) is 0 Å². The summed E-state index contributed by atoms with van der Waals surface area (Å²) in [5.41, 5.74) is 6.25. The first kappa shape index (κ1) is 9.30. The Bertz CT molecular complexity index is 134. The molecule has 0 aromatic heterocycles. The van der Waals surface area contributed by atoms with E-state index in [0.717, 1.165) is 12.3 Å². The van der Waals surface area contributed by atoms with Crippen molar-refractivity contribution in [1.82, 2.24) is 0 Å². The van der Waals surface area contributed by atoms with E-state index in [2.05, 4.69) is 0 Å². The molecule has 0 spiro atoms. The van der Waals surface area contributed by atoms with Crippen LogP contribution in [0.4, 0.5) is 0 Å². The number of aliphatic hydroxyl groups is 1. The first-order valence-electron chi connectivity index (χ1n) is 4.11. The molecule has 0 aromatic carbocycles. The molecule has 1 atom stereocenters. The summed E-state index contributed by atoms with van der Waals surface area (Å²) in [6, 6.07) is 0.0428. The maximum absolute atomic E-state index is 8.71. The molecular formula is C8H16ClNO. The van der Waals surface area contributed by atoms with Crippen molar-refractivity contribution in [2.45, 2.75) is 31.7 Å². The van der Waals surface area contributed by atoms with Crippen LogP contribution in [0.2, 0.25) is 0 Å². The smallest absolute Gasteiger partial charge is 0.0582 e. The van der Waals surface area contributed by atoms with Crippen molar-refractivity contribution in [2.24, 2.45) is 17.1 Å². The molecule has 66 valence electrons. The number of rotatable bonds is 3. The van der Waals surface area contributed by atoms with Crippen LogP contribution < -0.4 is 5.73 Å². The molecule has 3 N–H and O–H groups in total. The van der Waals surface area contributed by atoms with Gasteiger partial charge in [-0.1, -0.05) is 0 Å². The molecule has 1 unspecified atom stereocenters. The highest BCUT2D eigenvalue weighted by molar-refractivity contribution is 5.85. The molecule has 2 nitrogen and oxygen atoms in total. The van der Waals surface area contributed by atoms with E-state index in [0.29, 0.717) is 5.41 Å². The summed E-state index contributed by atoms with van der Waals surface area (Å²) >= 11 is 0. The Hall–Kier alpha value is 0.210. The zero-order chi connectivity index (χ0) is 7.19. The van der Waals surface area contributed by atoms with Crippen molar-refractivity contribution in [1.29, 1.82) is 0 Å². The molecule has 0 heterocycles. The van der Waals surface area contributed by atoms with Crippen molar-refractivity contribution in [3.63, 3.8) is 0 Å². The SMILES string of the molecule is Cl.NC(CO)CC12CC(C1)C2. The molecule has 3 saturated carbocycles. The lowest BCUT2D eigenvalue weighted by atomic mass is 9.43. The fourth-order valence-corrected chi connectivity index (χ4v) is 2.53. The van der Waals surface area contributed by atoms with Crippen LogP contribution >= 0.6 is 12.4 Å². The van der Waals surface area contributed by atoms with Gasteiger partial charge < -0.3 is 10.8 Å². The maximum atomic E-state index is 8.71. The van der Waals surface area contributed by atoms with Crippen LogP contribution in [-0.4, -0.2) is 17.8 Å². The fourth-order valence-electron chi connectivity index (χ4n) is 2.53. The van der Waals surface area contributed by atoms with Gasteiger partial charge in [-0.15, -0.1) is 12.4 Å². The predicted octanol–water partition coefficient (Wildman–Crippen LogP) is 0.918. The van der Waals surface area contributed by atoms with Crippen LogP contribution in [0.25, 0.3) is 0 Å². The van der Waals surface area contributed by atoms with Gasteiger partial charge in [0, 0.05) is 6.04 Å². The lowest BCUT2D eigenvalue weighted by Gasteiger charge is -2.63. The zero-order valence-corrected chi connectivity index (χ0v) is 7.44. The first-order valence-corrected chi connectivity index (χ1v) is 4.11. The van der Waals surface area contributed by atoms with Crippen LogP contribution in [0.5, 0.6) is 0 Å². The third-order valence-electron chi connectivity index (χ3n) is 3.09. The van der Waals surface area contributed by atoms with Crippen molar-refractivity contribution in [3.05, 3.63) is 0 Å². The van der Waals surface area contributed by atoms with Gasteiger partial charge in [0.1, 0.15) is 0 Å². The molecule has 11 heavy (non-hydrogen) atoms. The number of aliphatic hydroxyl groups excluding tert-OH is 1. The quantitative estimate of drug-likeness (QED) is 0.674. The zero-order valence-electron chi connectivity index (χ0n) is 6.62. The Morgan fingerprint density at radius 1 is 1.45 bits per heavy atom. The lowest BCUT2D eigenvalue weighted by Crippen LogP contribution is -2.54. The number of hydrogen-bond acceptors (Lipinski definition) is 2. The highest BCUT2D eigenvalue weighted by Gasteiger charge is 2.56. The molecule has 0 amide bonds. The lowest BCUT2D eigenvalue weighted by molar-refractivity contribution is -0.118. The van der Waals surface area contributed by atoms with Gasteiger partial charge in [0.15, 0.2) is 0 Å². The summed E-state index contributed by atoms with van der Waals surface area (Å²) in [5, 5.41) is 8.71. The van der Waals surface area contributed by atoms with Crippen LogP contribution in [0.1, 0.15) is 25.7 Å². The van der Waals surface area contributed by atoms with E-state index in [1.807, 2.05) is 0 Å². The molecule has 3 aliphatic carbocycles. The van der Waals surface area contributed by atoms with E-state index in [1.165, 1.54) is 19.3 Å². The minimum absolute atomic E-state index is 0. The normalized spacial score (nSPS) is 41.5. The molecule has 3 fully saturated rings. The predicted molar refractivity (Wildman–Crippen MR) is 46.7 cm³/mol. The second-order valence-electron chi connectivity index (χ2n) is 4.13. The minimum atomic E-state index is 0. The minimum Gasteiger partial charge on any atom is -0.395 e. The monoisotopic (exact) mass is 177 g/mol. The Kier molecular flexibility index (Phi) is 2.47. The molecule has 3 heteroatoms. The third-order valence-corrected chi connectivity index (χ3v) is 3.09. The highest BCUT2D eigenvalue weighted by Crippen LogP contribution is 2.66. The van der Waals surface area contributed by atoms with E-state index >= 15 is 0 Å². The topological polar surface area (TPSA) is 46.2 Å². The van der Waals surface area contributed by atoms with E-state index in [-0.39, 0.29) is 25.1 Å². The Balaban J connectivity index is 0.000000605. The average molecular weight is 178 g/mol. The van der Waals surface area contributed by atoms with Gasteiger partial charge in [0.25, 0.3) is 0 Å². The molecule has 0 radical (unpaired) electrons. The van der Waals surface area contributed by atoms with Crippen LogP contribution in [0, 0.1) is 11.3 Å². The Labute approximate surface area is 73.6 Å². The van der Waals surface area contributed by atoms with Crippen molar-refractivity contribution in [2.75, 3.05) is 6.61 Å². The second kappa shape index (κ2) is 2.92. The molecule has 3 rings (SSSR count). The molecule has 3 aliphatic rings. The Morgan fingerprint density at radius 2 is 2.00 bits per heavy atom. The summed E-state index contributed by atoms with van der Waals surface area (Å²) < 4.78 is 0. The second-order valence-corrected chi connectivity index (χ2v) is 4.13. The van der Waals surface area contributed by atoms with Gasteiger partial charge in [-0.3, -0.25) is 0 Å². The highest BCUT2D eigenvalue weighted by atomic mass is 35.5. The van der Waals surface area contributed by atoms with Gasteiger partial charge in [-0.05, 0) is 37.0 Å². The molecule has 0 aliphatic heterocycles. The average Bonchev–Trinajstić information content (AvgIpc) is 1.75. The number of nitrogens with two attached hydrogens (primary N) is 1. The van der Waals surface area contributed by atoms with Gasteiger partial charge in [-0.2, -0.15) is 0 Å². The molecule has 0 saturated heterocycles. The van der Waals surface area contributed by atoms with Gasteiger partial charge in [0.2, 0.25) is 0 Å². The van der Waals surface area contributed by atoms with E-state index in [1.54, 1.807) is 0 Å². The van der Waals surface area contributed by atoms with Gasteiger partial charge in [-0.25, -0.2) is 0 Å². The largest absolute Gasteiger partial charge is 0.395 e. The fraction of sp³-hybridized carbons (Fsp3) is 1.00. The molecular weight excluding hydrogens is 162 g/mol. The van der Waals surface area contributed by atoms with Gasteiger partial charge >= 0.3 is 0 Å². The number of hydrogen-bond donors (Lipinski definition) is 2. The van der Waals surface area contributed by atoms with Crippen molar-refractivity contribution < 1.29 is 5.11 Å². The van der Waals surface area contributed by atoms with Crippen molar-refractivity contribution >= 4 is 12.4 Å². The standard InChI is InChI=1S/C8H15NO.ClH/c9-7(5-10)4-8-1-6(2-8)3-8;/h6-7,10H,1-5,9H2;1H. The van der Waals surface area contributed by atoms with E-state index < -0.39 is 0 Å². The summed E-state index contributed by atoms with van der Waals surface area (Å²) in [7, 11) is 0. The number of halogens is 1. The van der Waals surface area contributed by atoms with Gasteiger partial charge in [0.05, 0.1) is 6.61 Å². The Morgan fingerprint density at radius 3 is 2.27 bits per heavy atom.